The molecular weight excluding hydrogens is 254 g/mol. The summed E-state index contributed by atoms with van der Waals surface area (Å²) in [6.07, 6.45) is 0.876. The molecule has 0 spiro atoms. The Morgan fingerprint density at radius 2 is 2.05 bits per heavy atom. The van der Waals surface area contributed by atoms with E-state index in [0.717, 1.165) is 12.0 Å². The molecule has 106 valence electrons. The van der Waals surface area contributed by atoms with Crippen LogP contribution < -0.4 is 5.73 Å². The number of nitrogens with one attached hydrogen (secondary N) is 1. The van der Waals surface area contributed by atoms with Gasteiger partial charge in [-0.05, 0) is 18.9 Å². The summed E-state index contributed by atoms with van der Waals surface area (Å²) in [5.74, 6) is 0.0832. The molecule has 0 saturated carbocycles. The number of nitrogens with two attached hydrogens (primary N) is 1. The van der Waals surface area contributed by atoms with Crippen LogP contribution in [-0.4, -0.2) is 32.5 Å². The van der Waals surface area contributed by atoms with Gasteiger partial charge in [0, 0.05) is 13.1 Å². The van der Waals surface area contributed by atoms with Gasteiger partial charge in [0.2, 0.25) is 11.8 Å². The largest absolute Gasteiger partial charge is 0.366 e. The van der Waals surface area contributed by atoms with E-state index in [4.69, 9.17) is 5.73 Å². The molecule has 0 saturated heterocycles. The van der Waals surface area contributed by atoms with Crippen molar-refractivity contribution in [3.05, 3.63) is 41.2 Å². The lowest BCUT2D eigenvalue weighted by molar-refractivity contribution is 0.0731. The molecule has 0 fully saturated rings. The van der Waals surface area contributed by atoms with Crippen molar-refractivity contribution < 1.29 is 4.79 Å². The number of carbonyl (C=O) groups excluding carboxylic acids is 1. The number of rotatable bonds is 5. The zero-order valence-electron chi connectivity index (χ0n) is 11.8. The first-order valence-corrected chi connectivity index (χ1v) is 6.63. The number of amides is 1. The Bertz CT molecular complexity index is 576. The zero-order valence-corrected chi connectivity index (χ0v) is 11.8. The van der Waals surface area contributed by atoms with Crippen molar-refractivity contribution in [2.45, 2.75) is 26.8 Å². The van der Waals surface area contributed by atoms with Crippen LogP contribution in [-0.2, 0) is 6.54 Å². The van der Waals surface area contributed by atoms with Crippen molar-refractivity contribution in [3.8, 4) is 0 Å². The van der Waals surface area contributed by atoms with Gasteiger partial charge >= 0.3 is 0 Å². The predicted molar refractivity (Wildman–Crippen MR) is 77.0 cm³/mol. The standard InChI is InChI=1S/C14H19N5O/c1-3-8-19(9-11-6-4-10(2)5-7-11)13(20)12-16-14(15)18-17-12/h4-7H,3,8-9H2,1-2H3,(H3,15,16,17,18). The van der Waals surface area contributed by atoms with Crippen LogP contribution in [0.3, 0.4) is 0 Å². The third-order valence-electron chi connectivity index (χ3n) is 2.98. The van der Waals surface area contributed by atoms with E-state index in [9.17, 15) is 4.79 Å². The SMILES string of the molecule is CCCN(Cc1ccc(C)cc1)C(=O)c1nc(N)n[nH]1. The summed E-state index contributed by atoms with van der Waals surface area (Å²) in [5.41, 5.74) is 7.72. The second-order valence-corrected chi connectivity index (χ2v) is 4.75. The maximum Gasteiger partial charge on any atom is 0.291 e. The highest BCUT2D eigenvalue weighted by Crippen LogP contribution is 2.10. The predicted octanol–water partition coefficient (Wildman–Crippen LogP) is 1.75. The molecule has 0 radical (unpaired) electrons. The van der Waals surface area contributed by atoms with Crippen molar-refractivity contribution in [3.63, 3.8) is 0 Å². The minimum Gasteiger partial charge on any atom is -0.366 e. The van der Waals surface area contributed by atoms with Crippen LogP contribution in [0.2, 0.25) is 0 Å². The molecule has 2 aromatic rings. The van der Waals surface area contributed by atoms with E-state index in [2.05, 4.69) is 15.2 Å². The van der Waals surface area contributed by atoms with Crippen molar-refractivity contribution in [2.75, 3.05) is 12.3 Å². The number of hydrogen-bond acceptors (Lipinski definition) is 4. The van der Waals surface area contributed by atoms with E-state index in [1.807, 2.05) is 38.1 Å². The molecule has 0 aliphatic rings. The number of aryl methyl sites for hydroxylation is 1. The van der Waals surface area contributed by atoms with Gasteiger partial charge in [0.05, 0.1) is 0 Å². The minimum atomic E-state index is -0.184. The Hall–Kier alpha value is -2.37. The fourth-order valence-electron chi connectivity index (χ4n) is 1.96. The summed E-state index contributed by atoms with van der Waals surface area (Å²) in [5, 5.41) is 6.25. The van der Waals surface area contributed by atoms with Gasteiger partial charge in [0.1, 0.15) is 0 Å². The summed E-state index contributed by atoms with van der Waals surface area (Å²) < 4.78 is 0. The lowest BCUT2D eigenvalue weighted by Gasteiger charge is -2.21. The van der Waals surface area contributed by atoms with Crippen molar-refractivity contribution >= 4 is 11.9 Å². The molecule has 0 aliphatic heterocycles. The minimum absolute atomic E-state index is 0.0835. The smallest absolute Gasteiger partial charge is 0.291 e. The molecular formula is C14H19N5O. The van der Waals surface area contributed by atoms with E-state index in [1.165, 1.54) is 5.56 Å². The average molecular weight is 273 g/mol. The Kier molecular flexibility index (Phi) is 4.34. The van der Waals surface area contributed by atoms with Crippen LogP contribution in [0.1, 0.15) is 35.1 Å². The number of H-pyrrole nitrogens is 1. The van der Waals surface area contributed by atoms with Crippen molar-refractivity contribution in [1.29, 1.82) is 0 Å². The third-order valence-corrected chi connectivity index (χ3v) is 2.98. The average Bonchev–Trinajstić information content (AvgIpc) is 2.86. The molecule has 1 aromatic heterocycles. The van der Waals surface area contributed by atoms with E-state index in [-0.39, 0.29) is 17.7 Å². The number of aromatic amines is 1. The van der Waals surface area contributed by atoms with Crippen LogP contribution in [0.15, 0.2) is 24.3 Å². The third kappa shape index (κ3) is 3.34. The quantitative estimate of drug-likeness (QED) is 0.868. The fourth-order valence-corrected chi connectivity index (χ4v) is 1.96. The summed E-state index contributed by atoms with van der Waals surface area (Å²) >= 11 is 0. The Balaban J connectivity index is 2.14. The molecule has 0 aliphatic carbocycles. The van der Waals surface area contributed by atoms with Gasteiger partial charge in [-0.3, -0.25) is 9.89 Å². The van der Waals surface area contributed by atoms with Gasteiger partial charge in [0.15, 0.2) is 0 Å². The Morgan fingerprint density at radius 1 is 1.35 bits per heavy atom. The van der Waals surface area contributed by atoms with Crippen LogP contribution in [0.5, 0.6) is 0 Å². The number of hydrogen-bond donors (Lipinski definition) is 2. The molecule has 1 aromatic carbocycles. The first-order valence-electron chi connectivity index (χ1n) is 6.63. The van der Waals surface area contributed by atoms with Gasteiger partial charge in [-0.15, -0.1) is 5.10 Å². The second kappa shape index (κ2) is 6.18. The summed E-state index contributed by atoms with van der Waals surface area (Å²) in [6.45, 7) is 5.28. The first kappa shape index (κ1) is 14.0. The maximum absolute atomic E-state index is 12.4. The highest BCUT2D eigenvalue weighted by Gasteiger charge is 2.18. The molecule has 20 heavy (non-hydrogen) atoms. The van der Waals surface area contributed by atoms with Gasteiger partial charge < -0.3 is 10.6 Å². The molecule has 1 heterocycles. The van der Waals surface area contributed by atoms with Crippen LogP contribution in [0.4, 0.5) is 5.95 Å². The molecule has 3 N–H and O–H groups in total. The number of nitrogen functional groups attached to an aromatic ring is 1. The zero-order chi connectivity index (χ0) is 14.5. The van der Waals surface area contributed by atoms with Gasteiger partial charge in [-0.25, -0.2) is 0 Å². The Labute approximate surface area is 118 Å². The highest BCUT2D eigenvalue weighted by molar-refractivity contribution is 5.90. The van der Waals surface area contributed by atoms with Gasteiger partial charge in [-0.2, -0.15) is 4.98 Å². The van der Waals surface area contributed by atoms with E-state index < -0.39 is 0 Å². The molecule has 0 bridgehead atoms. The lowest BCUT2D eigenvalue weighted by Crippen LogP contribution is -2.32. The van der Waals surface area contributed by atoms with Gasteiger partial charge in [0.25, 0.3) is 5.91 Å². The number of anilines is 1. The number of aromatic nitrogens is 3. The summed E-state index contributed by atoms with van der Waals surface area (Å²) in [6, 6.07) is 8.13. The maximum atomic E-state index is 12.4. The molecule has 0 atom stereocenters. The molecule has 6 nitrogen and oxygen atoms in total. The fraction of sp³-hybridized carbons (Fsp3) is 0.357. The normalized spacial score (nSPS) is 10.5. The number of carbonyl (C=O) groups is 1. The molecule has 1 amide bonds. The van der Waals surface area contributed by atoms with Crippen LogP contribution >= 0.6 is 0 Å². The number of benzene rings is 1. The van der Waals surface area contributed by atoms with E-state index >= 15 is 0 Å². The van der Waals surface area contributed by atoms with Crippen LogP contribution in [0.25, 0.3) is 0 Å². The van der Waals surface area contributed by atoms with Crippen molar-refractivity contribution in [1.82, 2.24) is 20.1 Å². The topological polar surface area (TPSA) is 87.9 Å². The lowest BCUT2D eigenvalue weighted by atomic mass is 10.1. The monoisotopic (exact) mass is 273 g/mol. The van der Waals surface area contributed by atoms with Crippen molar-refractivity contribution in [2.24, 2.45) is 0 Å². The van der Waals surface area contributed by atoms with E-state index in [0.29, 0.717) is 13.1 Å². The Morgan fingerprint density at radius 3 is 2.60 bits per heavy atom. The van der Waals surface area contributed by atoms with E-state index in [1.54, 1.807) is 4.90 Å². The molecule has 2 rings (SSSR count). The number of nitrogens with zero attached hydrogens (tertiary/aromatic N) is 3. The summed E-state index contributed by atoms with van der Waals surface area (Å²) in [7, 11) is 0. The highest BCUT2D eigenvalue weighted by atomic mass is 16.2. The second-order valence-electron chi connectivity index (χ2n) is 4.75. The molecule has 0 unspecified atom stereocenters. The van der Waals surface area contributed by atoms with Gasteiger partial charge in [-0.1, -0.05) is 36.8 Å². The van der Waals surface area contributed by atoms with Crippen LogP contribution in [0, 0.1) is 6.92 Å². The summed E-state index contributed by atoms with van der Waals surface area (Å²) in [4.78, 5) is 18.0. The molecule has 6 heteroatoms. The first-order chi connectivity index (χ1) is 9.60.